The number of hydrogen-bond donors (Lipinski definition) is 0. The van der Waals surface area contributed by atoms with Gasteiger partial charge in [-0.1, -0.05) is 54.6 Å². The van der Waals surface area contributed by atoms with Gasteiger partial charge >= 0.3 is 11.9 Å². The van der Waals surface area contributed by atoms with Crippen molar-refractivity contribution in [1.29, 1.82) is 0 Å². The molecule has 1 aliphatic rings. The van der Waals surface area contributed by atoms with Gasteiger partial charge in [0.25, 0.3) is 0 Å². The number of ether oxygens (including phenoxy) is 3. The fourth-order valence-electron chi connectivity index (χ4n) is 4.29. The van der Waals surface area contributed by atoms with E-state index in [4.69, 9.17) is 19.2 Å². The highest BCUT2D eigenvalue weighted by atomic mass is 16.6. The molecule has 2 heterocycles. The summed E-state index contributed by atoms with van der Waals surface area (Å²) in [5, 5.41) is 1.08. The summed E-state index contributed by atoms with van der Waals surface area (Å²) < 4.78 is 17.7. The maximum Gasteiger partial charge on any atom is 0.338 e. The van der Waals surface area contributed by atoms with Gasteiger partial charge in [0.05, 0.1) is 28.9 Å². The minimum absolute atomic E-state index is 0.0868. The van der Waals surface area contributed by atoms with Crippen LogP contribution in [0.1, 0.15) is 44.5 Å². The van der Waals surface area contributed by atoms with Crippen LogP contribution in [0.4, 0.5) is 0 Å². The number of para-hydroxylation sites is 1. The standard InChI is InChI=1S/C29H25NO5/c1-19-16-24(30-23-15-9-8-14-22(19)23)25-17-26(34-28(31)20-10-4-2-5-11-20)27(18-33-25)35-29(32)21-12-6-3-7-13-21/h2-16,25-27H,17-18H2,1H3/t25-,26-,27+/m0/s1. The van der Waals surface area contributed by atoms with E-state index in [1.807, 2.05) is 49.4 Å². The zero-order valence-corrected chi connectivity index (χ0v) is 19.3. The van der Waals surface area contributed by atoms with Crippen molar-refractivity contribution in [3.05, 3.63) is 113 Å². The SMILES string of the molecule is Cc1cc([C@@H]2C[C@H](OC(=O)c3ccccc3)[C@H](OC(=O)c3ccccc3)CO2)nc2ccccc12. The quantitative estimate of drug-likeness (QED) is 0.363. The number of esters is 2. The number of rotatable bonds is 5. The maximum atomic E-state index is 12.9. The molecule has 5 rings (SSSR count). The van der Waals surface area contributed by atoms with Gasteiger partial charge in [-0.15, -0.1) is 0 Å². The number of benzene rings is 3. The highest BCUT2D eigenvalue weighted by Crippen LogP contribution is 2.33. The van der Waals surface area contributed by atoms with Crippen LogP contribution in [0.5, 0.6) is 0 Å². The largest absolute Gasteiger partial charge is 0.455 e. The zero-order chi connectivity index (χ0) is 24.2. The number of hydrogen-bond acceptors (Lipinski definition) is 6. The van der Waals surface area contributed by atoms with Crippen LogP contribution in [0.15, 0.2) is 91.0 Å². The fourth-order valence-corrected chi connectivity index (χ4v) is 4.29. The maximum absolute atomic E-state index is 12.9. The first kappa shape index (κ1) is 22.7. The van der Waals surface area contributed by atoms with E-state index in [1.54, 1.807) is 48.5 Å². The Morgan fingerprint density at radius 1 is 0.800 bits per heavy atom. The molecule has 0 unspecified atom stereocenters. The molecule has 1 aliphatic heterocycles. The number of nitrogens with zero attached hydrogens (tertiary/aromatic N) is 1. The van der Waals surface area contributed by atoms with E-state index in [0.717, 1.165) is 22.2 Å². The average molecular weight is 468 g/mol. The normalized spacial score (nSPS) is 19.7. The topological polar surface area (TPSA) is 74.7 Å². The summed E-state index contributed by atoms with van der Waals surface area (Å²) in [4.78, 5) is 30.4. The van der Waals surface area contributed by atoms with Gasteiger partial charge in [-0.25, -0.2) is 9.59 Å². The van der Waals surface area contributed by atoms with Crippen LogP contribution < -0.4 is 0 Å². The smallest absolute Gasteiger partial charge is 0.338 e. The molecule has 0 saturated carbocycles. The highest BCUT2D eigenvalue weighted by molar-refractivity contribution is 5.90. The van der Waals surface area contributed by atoms with E-state index in [-0.39, 0.29) is 6.61 Å². The van der Waals surface area contributed by atoms with Crippen molar-refractivity contribution in [3.63, 3.8) is 0 Å². The van der Waals surface area contributed by atoms with Crippen LogP contribution in [0.2, 0.25) is 0 Å². The summed E-state index contributed by atoms with van der Waals surface area (Å²) in [6.45, 7) is 2.12. The first-order valence-corrected chi connectivity index (χ1v) is 11.6. The number of aryl methyl sites for hydroxylation is 1. The van der Waals surface area contributed by atoms with Crippen LogP contribution in [0.25, 0.3) is 10.9 Å². The Hall–Kier alpha value is -4.03. The van der Waals surface area contributed by atoms with E-state index in [1.165, 1.54) is 0 Å². The molecule has 3 aromatic carbocycles. The van der Waals surface area contributed by atoms with Crippen molar-refractivity contribution in [1.82, 2.24) is 4.98 Å². The van der Waals surface area contributed by atoms with E-state index in [9.17, 15) is 9.59 Å². The van der Waals surface area contributed by atoms with Gasteiger partial charge in [0.1, 0.15) is 12.2 Å². The van der Waals surface area contributed by atoms with Crippen molar-refractivity contribution in [2.45, 2.75) is 31.7 Å². The third kappa shape index (κ3) is 5.08. The van der Waals surface area contributed by atoms with Crippen molar-refractivity contribution >= 4 is 22.8 Å². The van der Waals surface area contributed by atoms with Crippen LogP contribution in [-0.2, 0) is 14.2 Å². The summed E-state index contributed by atoms with van der Waals surface area (Å²) in [7, 11) is 0. The van der Waals surface area contributed by atoms with E-state index >= 15 is 0 Å². The van der Waals surface area contributed by atoms with Crippen molar-refractivity contribution < 1.29 is 23.8 Å². The Morgan fingerprint density at radius 2 is 1.37 bits per heavy atom. The molecule has 0 amide bonds. The first-order chi connectivity index (χ1) is 17.1. The molecule has 0 N–H and O–H groups in total. The fraction of sp³-hybridized carbons (Fsp3) is 0.207. The predicted octanol–water partition coefficient (Wildman–Crippen LogP) is 5.46. The minimum atomic E-state index is -0.742. The summed E-state index contributed by atoms with van der Waals surface area (Å²) >= 11 is 0. The number of carbonyl (C=O) groups is 2. The Morgan fingerprint density at radius 3 is 2.03 bits per heavy atom. The van der Waals surface area contributed by atoms with Gasteiger partial charge in [0.2, 0.25) is 0 Å². The Bertz CT molecular complexity index is 1340. The monoisotopic (exact) mass is 467 g/mol. The van der Waals surface area contributed by atoms with E-state index < -0.39 is 30.3 Å². The van der Waals surface area contributed by atoms with E-state index in [2.05, 4.69) is 0 Å². The number of fused-ring (bicyclic) bond motifs is 1. The molecule has 1 fully saturated rings. The van der Waals surface area contributed by atoms with Gasteiger partial charge in [-0.2, -0.15) is 0 Å². The van der Waals surface area contributed by atoms with Gasteiger partial charge in [-0.05, 0) is 48.9 Å². The highest BCUT2D eigenvalue weighted by Gasteiger charge is 2.38. The lowest BCUT2D eigenvalue weighted by atomic mass is 9.98. The third-order valence-corrected chi connectivity index (χ3v) is 6.13. The molecule has 176 valence electrons. The lowest BCUT2D eigenvalue weighted by Gasteiger charge is -2.35. The van der Waals surface area contributed by atoms with Crippen molar-refractivity contribution in [2.75, 3.05) is 6.61 Å². The van der Waals surface area contributed by atoms with Gasteiger partial charge < -0.3 is 14.2 Å². The summed E-state index contributed by atoms with van der Waals surface area (Å²) in [5.74, 6) is -0.960. The summed E-state index contributed by atoms with van der Waals surface area (Å²) in [5.41, 5.74) is 3.58. The Kier molecular flexibility index (Phi) is 6.55. The van der Waals surface area contributed by atoms with Crippen molar-refractivity contribution in [2.24, 2.45) is 0 Å². The lowest BCUT2D eigenvalue weighted by molar-refractivity contribution is -0.131. The molecule has 0 spiro atoms. The third-order valence-electron chi connectivity index (χ3n) is 6.13. The van der Waals surface area contributed by atoms with Gasteiger partial charge in [-0.3, -0.25) is 4.98 Å². The molecule has 3 atom stereocenters. The lowest BCUT2D eigenvalue weighted by Crippen LogP contribution is -2.44. The minimum Gasteiger partial charge on any atom is -0.455 e. The number of aromatic nitrogens is 1. The molecule has 6 heteroatoms. The molecule has 4 aromatic rings. The summed E-state index contributed by atoms with van der Waals surface area (Å²) in [6.07, 6.45) is -1.52. The van der Waals surface area contributed by atoms with Crippen LogP contribution in [-0.4, -0.2) is 35.7 Å². The predicted molar refractivity (Wildman–Crippen MR) is 131 cm³/mol. The summed E-state index contributed by atoms with van der Waals surface area (Å²) in [6, 6.07) is 27.4. The average Bonchev–Trinajstić information content (AvgIpc) is 2.90. The Balaban J connectivity index is 1.40. The Labute approximate surface area is 203 Å². The van der Waals surface area contributed by atoms with Crippen LogP contribution in [0.3, 0.4) is 0 Å². The zero-order valence-electron chi connectivity index (χ0n) is 19.3. The second-order valence-electron chi connectivity index (χ2n) is 8.56. The second-order valence-corrected chi connectivity index (χ2v) is 8.56. The molecule has 6 nitrogen and oxygen atoms in total. The van der Waals surface area contributed by atoms with Crippen molar-refractivity contribution in [3.8, 4) is 0 Å². The molecule has 0 bridgehead atoms. The molecule has 35 heavy (non-hydrogen) atoms. The van der Waals surface area contributed by atoms with Crippen LogP contribution >= 0.6 is 0 Å². The molecular formula is C29H25NO5. The molecule has 1 aromatic heterocycles. The molecule has 0 radical (unpaired) electrons. The molecular weight excluding hydrogens is 442 g/mol. The second kappa shape index (κ2) is 10.1. The molecule has 1 saturated heterocycles. The first-order valence-electron chi connectivity index (χ1n) is 11.6. The van der Waals surface area contributed by atoms with Gasteiger partial charge in [0.15, 0.2) is 6.10 Å². The van der Waals surface area contributed by atoms with E-state index in [0.29, 0.717) is 17.5 Å². The molecule has 0 aliphatic carbocycles. The van der Waals surface area contributed by atoms with Crippen LogP contribution in [0, 0.1) is 6.92 Å². The number of pyridine rings is 1. The van der Waals surface area contributed by atoms with Gasteiger partial charge in [0, 0.05) is 11.8 Å². The number of carbonyl (C=O) groups excluding carboxylic acids is 2.